The van der Waals surface area contributed by atoms with Gasteiger partial charge in [0.05, 0.1) is 12.6 Å². The van der Waals surface area contributed by atoms with E-state index in [1.54, 1.807) is 39.3 Å². The van der Waals surface area contributed by atoms with Gasteiger partial charge < -0.3 is 14.5 Å². The van der Waals surface area contributed by atoms with Crippen molar-refractivity contribution in [3.8, 4) is 5.75 Å². The average molecular weight is 447 g/mol. The van der Waals surface area contributed by atoms with Gasteiger partial charge in [0.15, 0.2) is 11.6 Å². The predicted molar refractivity (Wildman–Crippen MR) is 121 cm³/mol. The third kappa shape index (κ3) is 5.64. The fourth-order valence-corrected chi connectivity index (χ4v) is 4.80. The van der Waals surface area contributed by atoms with Crippen LogP contribution in [0.2, 0.25) is 0 Å². The second-order valence-corrected chi connectivity index (χ2v) is 9.61. The molecule has 31 heavy (non-hydrogen) atoms. The van der Waals surface area contributed by atoms with E-state index in [0.717, 1.165) is 12.0 Å². The lowest BCUT2D eigenvalue weighted by molar-refractivity contribution is -0.144. The molecule has 1 aromatic heterocycles. The molecule has 2 heterocycles. The van der Waals surface area contributed by atoms with Gasteiger partial charge in [0.1, 0.15) is 6.61 Å². The van der Waals surface area contributed by atoms with E-state index in [4.69, 9.17) is 4.74 Å². The molecule has 0 spiro atoms. The smallest absolute Gasteiger partial charge is 0.242 e. The van der Waals surface area contributed by atoms with Crippen molar-refractivity contribution in [2.24, 2.45) is 5.92 Å². The highest BCUT2D eigenvalue weighted by atomic mass is 32.1. The number of fused-ring (bicyclic) bond motifs is 1. The summed E-state index contributed by atoms with van der Waals surface area (Å²) in [5.74, 6) is -0.134. The minimum absolute atomic E-state index is 0.00858. The van der Waals surface area contributed by atoms with Crippen LogP contribution in [0.5, 0.6) is 5.75 Å². The molecular weight excluding hydrogens is 415 g/mol. The summed E-state index contributed by atoms with van der Waals surface area (Å²) in [6, 6.07) is 7.92. The van der Waals surface area contributed by atoms with E-state index < -0.39 is 5.82 Å². The highest BCUT2D eigenvalue weighted by Crippen LogP contribution is 2.34. The molecule has 2 aromatic rings. The normalized spacial score (nSPS) is 15.8. The second kappa shape index (κ2) is 10.3. The Morgan fingerprint density at radius 1 is 1.23 bits per heavy atom. The zero-order valence-corrected chi connectivity index (χ0v) is 19.5. The quantitative estimate of drug-likeness (QED) is 0.592. The Morgan fingerprint density at radius 2 is 1.97 bits per heavy atom. The summed E-state index contributed by atoms with van der Waals surface area (Å²) in [7, 11) is 0. The molecule has 0 N–H and O–H groups in total. The van der Waals surface area contributed by atoms with Crippen LogP contribution in [0.1, 0.15) is 50.6 Å². The molecule has 0 saturated heterocycles. The van der Waals surface area contributed by atoms with Crippen LogP contribution in [0, 0.1) is 11.7 Å². The lowest BCUT2D eigenvalue weighted by atomic mass is 10.00. The van der Waals surface area contributed by atoms with E-state index in [1.165, 1.54) is 10.9 Å². The molecule has 168 valence electrons. The number of carbonyl (C=O) groups is 2. The second-order valence-electron chi connectivity index (χ2n) is 8.61. The molecule has 0 saturated carbocycles. The van der Waals surface area contributed by atoms with Crippen molar-refractivity contribution < 1.29 is 18.7 Å². The Bertz CT molecular complexity index is 912. The standard InChI is InChI=1S/C24H31FN2O3S/c1-16(2)13-23(28)27(17(3)4)14-24(29)26-11-9-22-18(10-12-31-22)20(26)15-30-21-8-6-5-7-19(21)25/h5-8,10,12,16-17,20H,9,11,13-15H2,1-4H3/t20-/m1/s1. The van der Waals surface area contributed by atoms with Crippen molar-refractivity contribution in [1.82, 2.24) is 9.80 Å². The van der Waals surface area contributed by atoms with Crippen molar-refractivity contribution >= 4 is 23.2 Å². The first-order valence-corrected chi connectivity index (χ1v) is 11.7. The summed E-state index contributed by atoms with van der Waals surface area (Å²) >= 11 is 1.67. The van der Waals surface area contributed by atoms with Crippen molar-refractivity contribution in [1.29, 1.82) is 0 Å². The number of thiophene rings is 1. The van der Waals surface area contributed by atoms with Crippen LogP contribution in [-0.4, -0.2) is 47.4 Å². The van der Waals surface area contributed by atoms with Crippen LogP contribution in [-0.2, 0) is 16.0 Å². The third-order valence-electron chi connectivity index (χ3n) is 5.48. The summed E-state index contributed by atoms with van der Waals surface area (Å²) in [5, 5.41) is 2.02. The molecule has 0 fully saturated rings. The molecule has 1 aliphatic heterocycles. The van der Waals surface area contributed by atoms with Gasteiger partial charge in [-0.1, -0.05) is 26.0 Å². The Labute approximate surface area is 187 Å². The van der Waals surface area contributed by atoms with Gasteiger partial charge >= 0.3 is 0 Å². The Hall–Kier alpha value is -2.41. The molecule has 1 aliphatic rings. The predicted octanol–water partition coefficient (Wildman–Crippen LogP) is 4.68. The highest BCUT2D eigenvalue weighted by Gasteiger charge is 2.34. The Kier molecular flexibility index (Phi) is 7.70. The summed E-state index contributed by atoms with van der Waals surface area (Å²) in [6.45, 7) is 8.61. The number of hydrogen-bond donors (Lipinski definition) is 0. The molecule has 1 aromatic carbocycles. The number of benzene rings is 1. The minimum Gasteiger partial charge on any atom is -0.488 e. The van der Waals surface area contributed by atoms with Crippen molar-refractivity contribution in [2.75, 3.05) is 19.7 Å². The number of rotatable bonds is 8. The maximum absolute atomic E-state index is 14.0. The lowest BCUT2D eigenvalue weighted by Gasteiger charge is -2.37. The number of para-hydroxylation sites is 1. The van der Waals surface area contributed by atoms with Crippen LogP contribution in [0.4, 0.5) is 4.39 Å². The van der Waals surface area contributed by atoms with E-state index in [1.807, 2.05) is 39.1 Å². The topological polar surface area (TPSA) is 49.9 Å². The van der Waals surface area contributed by atoms with Crippen LogP contribution >= 0.6 is 11.3 Å². The summed E-state index contributed by atoms with van der Waals surface area (Å²) in [6.07, 6.45) is 1.19. The van der Waals surface area contributed by atoms with Crippen LogP contribution in [0.3, 0.4) is 0 Å². The number of ether oxygens (including phenoxy) is 1. The largest absolute Gasteiger partial charge is 0.488 e. The van der Waals surface area contributed by atoms with Gasteiger partial charge in [-0.05, 0) is 55.3 Å². The SMILES string of the molecule is CC(C)CC(=O)N(CC(=O)N1CCc2sccc2[C@H]1COc1ccccc1F)C(C)C. The van der Waals surface area contributed by atoms with Crippen molar-refractivity contribution in [3.05, 3.63) is 52.0 Å². The zero-order valence-electron chi connectivity index (χ0n) is 18.6. The third-order valence-corrected chi connectivity index (χ3v) is 6.48. The number of carbonyl (C=O) groups excluding carboxylic acids is 2. The molecule has 0 bridgehead atoms. The van der Waals surface area contributed by atoms with E-state index in [-0.39, 0.29) is 48.7 Å². The molecule has 0 unspecified atom stereocenters. The van der Waals surface area contributed by atoms with Gasteiger partial charge in [0.2, 0.25) is 11.8 Å². The minimum atomic E-state index is -0.424. The maximum atomic E-state index is 14.0. The number of halogens is 1. The summed E-state index contributed by atoms with van der Waals surface area (Å²) < 4.78 is 19.8. The Morgan fingerprint density at radius 3 is 2.65 bits per heavy atom. The maximum Gasteiger partial charge on any atom is 0.242 e. The summed E-state index contributed by atoms with van der Waals surface area (Å²) in [4.78, 5) is 30.7. The monoisotopic (exact) mass is 446 g/mol. The van der Waals surface area contributed by atoms with Crippen LogP contribution in [0.25, 0.3) is 0 Å². The van der Waals surface area contributed by atoms with Gasteiger partial charge in [-0.3, -0.25) is 9.59 Å². The van der Waals surface area contributed by atoms with Gasteiger partial charge in [-0.25, -0.2) is 4.39 Å². The first-order valence-electron chi connectivity index (χ1n) is 10.8. The van der Waals surface area contributed by atoms with Crippen LogP contribution in [0.15, 0.2) is 35.7 Å². The fourth-order valence-electron chi connectivity index (χ4n) is 3.87. The number of hydrogen-bond acceptors (Lipinski definition) is 4. The van der Waals surface area contributed by atoms with E-state index >= 15 is 0 Å². The average Bonchev–Trinajstić information content (AvgIpc) is 3.19. The van der Waals surface area contributed by atoms with Gasteiger partial charge in [-0.15, -0.1) is 11.3 Å². The first kappa shape index (κ1) is 23.3. The molecule has 7 heteroatoms. The molecule has 1 atom stereocenters. The van der Waals surface area contributed by atoms with Crippen LogP contribution < -0.4 is 4.74 Å². The van der Waals surface area contributed by atoms with Gasteiger partial charge in [-0.2, -0.15) is 0 Å². The van der Waals surface area contributed by atoms with Gasteiger partial charge in [0.25, 0.3) is 0 Å². The molecule has 3 rings (SSSR count). The molecule has 2 amide bonds. The Balaban J connectivity index is 1.78. The molecule has 0 aliphatic carbocycles. The molecule has 5 nitrogen and oxygen atoms in total. The first-order chi connectivity index (χ1) is 14.8. The highest BCUT2D eigenvalue weighted by molar-refractivity contribution is 7.10. The van der Waals surface area contributed by atoms with Crippen molar-refractivity contribution in [3.63, 3.8) is 0 Å². The number of nitrogens with zero attached hydrogens (tertiary/aromatic N) is 2. The van der Waals surface area contributed by atoms with E-state index in [0.29, 0.717) is 13.0 Å². The summed E-state index contributed by atoms with van der Waals surface area (Å²) in [5.41, 5.74) is 1.05. The number of amides is 2. The molecule has 0 radical (unpaired) electrons. The van der Waals surface area contributed by atoms with Gasteiger partial charge in [0, 0.05) is 23.9 Å². The lowest BCUT2D eigenvalue weighted by Crippen LogP contribution is -2.49. The van der Waals surface area contributed by atoms with E-state index in [2.05, 4.69) is 0 Å². The van der Waals surface area contributed by atoms with E-state index in [9.17, 15) is 14.0 Å². The fraction of sp³-hybridized carbons (Fsp3) is 0.500. The zero-order chi connectivity index (χ0) is 22.5. The molecular formula is C24H31FN2O3S. The van der Waals surface area contributed by atoms with Crippen molar-refractivity contribution in [2.45, 2.75) is 52.6 Å².